The topological polar surface area (TPSA) is 41.6 Å². The summed E-state index contributed by atoms with van der Waals surface area (Å²) >= 11 is 0. The summed E-state index contributed by atoms with van der Waals surface area (Å²) in [6.45, 7) is 5.01. The van der Waals surface area contributed by atoms with Crippen LogP contribution >= 0.6 is 0 Å². The van der Waals surface area contributed by atoms with E-state index in [1.807, 2.05) is 30.3 Å². The zero-order chi connectivity index (χ0) is 16.2. The van der Waals surface area contributed by atoms with E-state index in [1.54, 1.807) is 7.11 Å². The number of likely N-dealkylation sites (tertiary alicyclic amines) is 1. The number of hydrogen-bond acceptors (Lipinski definition) is 3. The number of carbonyl (C=O) groups is 1. The normalized spacial score (nSPS) is 18.3. The zero-order valence-corrected chi connectivity index (χ0v) is 13.8. The summed E-state index contributed by atoms with van der Waals surface area (Å²) in [5.41, 5.74) is 0.479. The van der Waals surface area contributed by atoms with Gasteiger partial charge in [0, 0.05) is 18.7 Å². The Kier molecular flexibility index (Phi) is 4.82. The zero-order valence-electron chi connectivity index (χ0n) is 13.8. The first kappa shape index (κ1) is 15.8. The number of likely N-dealkylation sites (N-methyl/N-ethyl adjacent to an activating group) is 1. The number of hydrogen-bond donors (Lipinski definition) is 1. The van der Waals surface area contributed by atoms with Gasteiger partial charge in [0.05, 0.1) is 12.7 Å². The molecule has 23 heavy (non-hydrogen) atoms. The SMILES string of the molecule is CCN1CCCC1CNC(=O)c1[c]c2ccccc2cc1OC. The Morgan fingerprint density at radius 2 is 2.26 bits per heavy atom. The van der Waals surface area contributed by atoms with E-state index < -0.39 is 0 Å². The maximum absolute atomic E-state index is 12.6. The standard InChI is InChI=1S/C19H23N2O2/c1-3-21-10-6-9-16(21)13-20-19(22)17-11-14-7-4-5-8-15(14)12-18(17)23-2/h4-5,7-8,12,16H,3,6,9-10,13H2,1-2H3,(H,20,22). The molecular formula is C19H23N2O2. The molecule has 0 saturated carbocycles. The highest BCUT2D eigenvalue weighted by Crippen LogP contribution is 2.25. The van der Waals surface area contributed by atoms with Crippen LogP contribution in [0.2, 0.25) is 0 Å². The Balaban J connectivity index is 1.77. The summed E-state index contributed by atoms with van der Waals surface area (Å²) in [7, 11) is 1.59. The lowest BCUT2D eigenvalue weighted by molar-refractivity contribution is 0.0938. The molecule has 0 spiro atoms. The molecule has 1 atom stereocenters. The molecule has 1 amide bonds. The van der Waals surface area contributed by atoms with E-state index in [0.717, 1.165) is 30.3 Å². The van der Waals surface area contributed by atoms with Crippen LogP contribution < -0.4 is 10.1 Å². The van der Waals surface area contributed by atoms with Gasteiger partial charge in [0.25, 0.3) is 5.91 Å². The molecule has 121 valence electrons. The maximum Gasteiger partial charge on any atom is 0.255 e. The number of fused-ring (bicyclic) bond motifs is 1. The lowest BCUT2D eigenvalue weighted by Gasteiger charge is -2.23. The van der Waals surface area contributed by atoms with Gasteiger partial charge < -0.3 is 10.1 Å². The highest BCUT2D eigenvalue weighted by Gasteiger charge is 2.24. The lowest BCUT2D eigenvalue weighted by atomic mass is 10.1. The molecule has 1 unspecified atom stereocenters. The molecule has 4 nitrogen and oxygen atoms in total. The number of ether oxygens (including phenoxy) is 1. The average Bonchev–Trinajstić information content (AvgIpc) is 3.06. The Morgan fingerprint density at radius 3 is 3.04 bits per heavy atom. The van der Waals surface area contributed by atoms with E-state index in [2.05, 4.69) is 23.2 Å². The van der Waals surface area contributed by atoms with Crippen LogP contribution in [0, 0.1) is 6.07 Å². The van der Waals surface area contributed by atoms with Crippen molar-refractivity contribution in [3.8, 4) is 5.75 Å². The van der Waals surface area contributed by atoms with E-state index in [1.165, 1.54) is 6.42 Å². The highest BCUT2D eigenvalue weighted by molar-refractivity contribution is 6.01. The summed E-state index contributed by atoms with van der Waals surface area (Å²) in [6, 6.07) is 13.4. The van der Waals surface area contributed by atoms with Crippen molar-refractivity contribution in [2.45, 2.75) is 25.8 Å². The minimum atomic E-state index is -0.115. The fourth-order valence-electron chi connectivity index (χ4n) is 3.32. The number of amides is 1. The summed E-state index contributed by atoms with van der Waals surface area (Å²) in [6.07, 6.45) is 2.35. The van der Waals surface area contributed by atoms with Crippen molar-refractivity contribution in [2.75, 3.05) is 26.7 Å². The molecule has 1 heterocycles. The molecule has 1 N–H and O–H groups in total. The summed E-state index contributed by atoms with van der Waals surface area (Å²) in [5.74, 6) is 0.454. The molecule has 0 aliphatic carbocycles. The van der Waals surface area contributed by atoms with E-state index in [9.17, 15) is 4.79 Å². The number of carbonyl (C=O) groups excluding carboxylic acids is 1. The summed E-state index contributed by atoms with van der Waals surface area (Å²) < 4.78 is 5.39. The highest BCUT2D eigenvalue weighted by atomic mass is 16.5. The molecule has 1 aliphatic rings. The molecule has 1 radical (unpaired) electrons. The van der Waals surface area contributed by atoms with Crippen molar-refractivity contribution in [1.82, 2.24) is 10.2 Å². The molecule has 0 aromatic heterocycles. The molecule has 1 aliphatic heterocycles. The second-order valence-electron chi connectivity index (χ2n) is 5.93. The van der Waals surface area contributed by atoms with Gasteiger partial charge in [-0.15, -0.1) is 0 Å². The summed E-state index contributed by atoms with van der Waals surface area (Å²) in [4.78, 5) is 15.0. The maximum atomic E-state index is 12.6. The fourth-order valence-corrected chi connectivity index (χ4v) is 3.32. The number of methoxy groups -OCH3 is 1. The Bertz CT molecular complexity index is 699. The van der Waals surface area contributed by atoms with Gasteiger partial charge in [0.2, 0.25) is 0 Å². The third-order valence-electron chi connectivity index (χ3n) is 4.60. The Hall–Kier alpha value is -2.07. The van der Waals surface area contributed by atoms with Crippen molar-refractivity contribution >= 4 is 16.7 Å². The van der Waals surface area contributed by atoms with Gasteiger partial charge in [0.15, 0.2) is 0 Å². The second kappa shape index (κ2) is 7.01. The first-order valence-electron chi connectivity index (χ1n) is 8.24. The fraction of sp³-hybridized carbons (Fsp3) is 0.421. The number of nitrogens with one attached hydrogen (secondary N) is 1. The van der Waals surface area contributed by atoms with E-state index in [4.69, 9.17) is 4.74 Å². The van der Waals surface area contributed by atoms with Crippen LogP contribution in [0.1, 0.15) is 30.1 Å². The van der Waals surface area contributed by atoms with Crippen LogP contribution in [0.15, 0.2) is 30.3 Å². The van der Waals surface area contributed by atoms with E-state index in [0.29, 0.717) is 23.9 Å². The Morgan fingerprint density at radius 1 is 1.43 bits per heavy atom. The van der Waals surface area contributed by atoms with Crippen molar-refractivity contribution in [3.05, 3.63) is 42.0 Å². The summed E-state index contributed by atoms with van der Waals surface area (Å²) in [5, 5.41) is 5.00. The average molecular weight is 311 g/mol. The van der Waals surface area contributed by atoms with Crippen LogP contribution in [0.5, 0.6) is 5.75 Å². The number of benzene rings is 2. The molecule has 4 heteroatoms. The molecule has 3 rings (SSSR count). The van der Waals surface area contributed by atoms with Gasteiger partial charge >= 0.3 is 0 Å². The predicted molar refractivity (Wildman–Crippen MR) is 91.9 cm³/mol. The molecule has 1 saturated heterocycles. The van der Waals surface area contributed by atoms with Crippen molar-refractivity contribution in [1.29, 1.82) is 0 Å². The monoisotopic (exact) mass is 311 g/mol. The number of rotatable bonds is 5. The van der Waals surface area contributed by atoms with Crippen LogP contribution in [0.3, 0.4) is 0 Å². The molecule has 1 fully saturated rings. The van der Waals surface area contributed by atoms with Crippen LogP contribution in [0.4, 0.5) is 0 Å². The Labute approximate surface area is 137 Å². The minimum absolute atomic E-state index is 0.115. The predicted octanol–water partition coefficient (Wildman–Crippen LogP) is 2.86. The van der Waals surface area contributed by atoms with Crippen molar-refractivity contribution < 1.29 is 9.53 Å². The van der Waals surface area contributed by atoms with Gasteiger partial charge in [-0.3, -0.25) is 9.69 Å². The van der Waals surface area contributed by atoms with Crippen molar-refractivity contribution in [2.24, 2.45) is 0 Å². The van der Waals surface area contributed by atoms with E-state index in [-0.39, 0.29) is 5.91 Å². The van der Waals surface area contributed by atoms with Gasteiger partial charge in [-0.05, 0) is 42.8 Å². The third-order valence-corrected chi connectivity index (χ3v) is 4.60. The van der Waals surface area contributed by atoms with Crippen molar-refractivity contribution in [3.63, 3.8) is 0 Å². The smallest absolute Gasteiger partial charge is 0.255 e. The molecule has 0 bridgehead atoms. The molecule has 2 aromatic carbocycles. The lowest BCUT2D eigenvalue weighted by Crippen LogP contribution is -2.40. The molecule has 2 aromatic rings. The third kappa shape index (κ3) is 3.32. The largest absolute Gasteiger partial charge is 0.496 e. The second-order valence-corrected chi connectivity index (χ2v) is 5.93. The van der Waals surface area contributed by atoms with Gasteiger partial charge in [-0.25, -0.2) is 0 Å². The van der Waals surface area contributed by atoms with E-state index >= 15 is 0 Å². The first-order chi connectivity index (χ1) is 11.2. The van der Waals surface area contributed by atoms with Gasteiger partial charge in [-0.2, -0.15) is 0 Å². The minimum Gasteiger partial charge on any atom is -0.496 e. The van der Waals surface area contributed by atoms with Crippen LogP contribution in [-0.4, -0.2) is 43.6 Å². The van der Waals surface area contributed by atoms with Crippen LogP contribution in [0.25, 0.3) is 10.8 Å². The van der Waals surface area contributed by atoms with Gasteiger partial charge in [0.1, 0.15) is 5.75 Å². The molecular weight excluding hydrogens is 288 g/mol. The van der Waals surface area contributed by atoms with Gasteiger partial charge in [-0.1, -0.05) is 31.2 Å². The number of nitrogens with zero attached hydrogens (tertiary/aromatic N) is 1. The van der Waals surface area contributed by atoms with Crippen LogP contribution in [-0.2, 0) is 0 Å². The quantitative estimate of drug-likeness (QED) is 0.923. The first-order valence-corrected chi connectivity index (χ1v) is 8.24.